The molecule has 3 aliphatic rings. The van der Waals surface area contributed by atoms with Gasteiger partial charge in [-0.25, -0.2) is 9.59 Å². The van der Waals surface area contributed by atoms with Crippen LogP contribution in [-0.4, -0.2) is 126 Å². The highest BCUT2D eigenvalue weighted by atomic mass is 16.7. The molecule has 55 heavy (non-hydrogen) atoms. The van der Waals surface area contributed by atoms with Gasteiger partial charge >= 0.3 is 12.2 Å². The van der Waals surface area contributed by atoms with E-state index >= 15 is 0 Å². The van der Waals surface area contributed by atoms with E-state index in [1.165, 1.54) is 24.3 Å². The smallest absolute Gasteiger partial charge is 0.407 e. The lowest BCUT2D eigenvalue weighted by Gasteiger charge is -2.47. The summed E-state index contributed by atoms with van der Waals surface area (Å²) in [6.07, 6.45) is -5.52. The number of hydrogen-bond donors (Lipinski definition) is 7. The number of allylic oxidation sites excluding steroid dienone is 1. The van der Waals surface area contributed by atoms with E-state index in [4.69, 9.17) is 33.5 Å². The lowest BCUT2D eigenvalue weighted by atomic mass is 9.83. The van der Waals surface area contributed by atoms with E-state index < -0.39 is 77.7 Å². The van der Waals surface area contributed by atoms with Gasteiger partial charge in [-0.3, -0.25) is 14.9 Å². The molecule has 308 valence electrons. The van der Waals surface area contributed by atoms with Gasteiger partial charge in [0.1, 0.15) is 42.4 Å². The third-order valence-electron chi connectivity index (χ3n) is 8.91. The van der Waals surface area contributed by atoms with Gasteiger partial charge < -0.3 is 65.0 Å². The zero-order chi connectivity index (χ0) is 40.1. The van der Waals surface area contributed by atoms with Crippen molar-refractivity contribution in [2.75, 3.05) is 32.8 Å². The van der Waals surface area contributed by atoms with Crippen molar-refractivity contribution in [1.29, 1.82) is 0 Å². The van der Waals surface area contributed by atoms with Crippen LogP contribution in [0.15, 0.2) is 36.1 Å². The Hall–Kier alpha value is -4.11. The Morgan fingerprint density at radius 3 is 2.38 bits per heavy atom. The number of aliphatic hydroxyl groups is 3. The summed E-state index contributed by atoms with van der Waals surface area (Å²) in [7, 11) is 0. The number of aliphatic hydroxyl groups excluding tert-OH is 3. The van der Waals surface area contributed by atoms with E-state index in [-0.39, 0.29) is 50.8 Å². The Balaban J connectivity index is 1.53. The molecule has 1 aliphatic carbocycles. The van der Waals surface area contributed by atoms with Crippen LogP contribution in [0.2, 0.25) is 0 Å². The Morgan fingerprint density at radius 2 is 1.71 bits per heavy atom. The minimum atomic E-state index is -1.53. The first-order valence-corrected chi connectivity index (χ1v) is 18.5. The number of ether oxygens (including phenoxy) is 6. The number of rotatable bonds is 16. The van der Waals surface area contributed by atoms with Gasteiger partial charge in [-0.2, -0.15) is 0 Å². The van der Waals surface area contributed by atoms with Crippen LogP contribution < -0.4 is 21.3 Å². The zero-order valence-corrected chi connectivity index (χ0v) is 31.6. The molecule has 2 heterocycles. The van der Waals surface area contributed by atoms with Crippen molar-refractivity contribution >= 4 is 23.8 Å². The SMILES string of the molecule is C[C@@H]1CO[C@H](O[C@@H]2[C@@H](O)[C@H](O[C@@H]3CCC=C(CNCCO)O3)[C@@H](NC(=O)OCc3ccc([N+](=O)[O-])cc3)C[C@H]2NC(=O)CCNC(=O)OC(C)(C)C)[C@H](O)C1. The molecule has 0 spiro atoms. The molecule has 0 aromatic heterocycles. The summed E-state index contributed by atoms with van der Waals surface area (Å²) >= 11 is 0. The lowest BCUT2D eigenvalue weighted by Crippen LogP contribution is -2.67. The van der Waals surface area contributed by atoms with Crippen LogP contribution >= 0.6 is 0 Å². The maximum atomic E-state index is 13.3. The molecule has 0 radical (unpaired) electrons. The fourth-order valence-electron chi connectivity index (χ4n) is 6.34. The highest BCUT2D eigenvalue weighted by Crippen LogP contribution is 2.32. The predicted octanol–water partition coefficient (Wildman–Crippen LogP) is 1.47. The first-order valence-electron chi connectivity index (χ1n) is 18.5. The van der Waals surface area contributed by atoms with Gasteiger partial charge in [0.05, 0.1) is 36.8 Å². The minimum Gasteiger partial charge on any atom is -0.468 e. The lowest BCUT2D eigenvalue weighted by molar-refractivity contribution is -0.384. The summed E-state index contributed by atoms with van der Waals surface area (Å²) in [6.45, 7) is 7.65. The van der Waals surface area contributed by atoms with Gasteiger partial charge in [0.2, 0.25) is 5.91 Å². The summed E-state index contributed by atoms with van der Waals surface area (Å²) in [6, 6.07) is 3.52. The van der Waals surface area contributed by atoms with Gasteiger partial charge in [0, 0.05) is 38.1 Å². The number of alkyl carbamates (subject to hydrolysis) is 2. The van der Waals surface area contributed by atoms with Crippen molar-refractivity contribution in [2.24, 2.45) is 5.92 Å². The van der Waals surface area contributed by atoms with Crippen LogP contribution in [0.3, 0.4) is 0 Å². The van der Waals surface area contributed by atoms with Crippen molar-refractivity contribution in [3.8, 4) is 0 Å². The van der Waals surface area contributed by atoms with Gasteiger partial charge in [-0.1, -0.05) is 6.92 Å². The summed E-state index contributed by atoms with van der Waals surface area (Å²) < 4.78 is 35.1. The molecule has 7 N–H and O–H groups in total. The van der Waals surface area contributed by atoms with Crippen molar-refractivity contribution in [2.45, 2.75) is 121 Å². The molecule has 3 amide bonds. The second-order valence-corrected chi connectivity index (χ2v) is 14.8. The Kier molecular flexibility index (Phi) is 16.4. The molecular weight excluding hydrogens is 726 g/mol. The molecule has 2 aliphatic heterocycles. The largest absolute Gasteiger partial charge is 0.468 e. The normalized spacial score (nSPS) is 28.2. The van der Waals surface area contributed by atoms with Gasteiger partial charge in [0.15, 0.2) is 12.6 Å². The zero-order valence-electron chi connectivity index (χ0n) is 31.6. The van der Waals surface area contributed by atoms with E-state index in [2.05, 4.69) is 21.3 Å². The fourth-order valence-corrected chi connectivity index (χ4v) is 6.34. The molecule has 9 atom stereocenters. The quantitative estimate of drug-likeness (QED) is 0.0712. The highest BCUT2D eigenvalue weighted by Gasteiger charge is 2.50. The molecule has 19 nitrogen and oxygen atoms in total. The summed E-state index contributed by atoms with van der Waals surface area (Å²) in [5.41, 5.74) is -0.372. The number of non-ortho nitro benzene ring substituents is 1. The van der Waals surface area contributed by atoms with Gasteiger partial charge in [-0.15, -0.1) is 0 Å². The Bertz CT molecular complexity index is 1460. The van der Waals surface area contributed by atoms with Crippen LogP contribution in [0.5, 0.6) is 0 Å². The van der Waals surface area contributed by atoms with Crippen LogP contribution in [0.4, 0.5) is 15.3 Å². The second kappa shape index (κ2) is 20.7. The molecule has 0 bridgehead atoms. The molecule has 19 heteroatoms. The van der Waals surface area contributed by atoms with Crippen molar-refractivity contribution < 1.29 is 63.0 Å². The first-order chi connectivity index (χ1) is 26.1. The summed E-state index contributed by atoms with van der Waals surface area (Å²) in [5, 5.41) is 54.2. The molecule has 1 saturated carbocycles. The van der Waals surface area contributed by atoms with E-state index in [0.29, 0.717) is 43.7 Å². The minimum absolute atomic E-state index is 0.0447. The maximum Gasteiger partial charge on any atom is 0.407 e. The van der Waals surface area contributed by atoms with Crippen molar-refractivity contribution in [3.05, 3.63) is 51.8 Å². The number of hydrogen-bond acceptors (Lipinski definition) is 15. The van der Waals surface area contributed by atoms with E-state index in [1.54, 1.807) is 20.8 Å². The molecule has 1 saturated heterocycles. The first kappa shape index (κ1) is 43.6. The maximum absolute atomic E-state index is 13.3. The molecular formula is C36H55N5O14. The number of nitrogens with one attached hydrogen (secondary N) is 4. The number of nitro benzene ring substituents is 1. The van der Waals surface area contributed by atoms with E-state index in [1.807, 2.05) is 13.0 Å². The average Bonchev–Trinajstić information content (AvgIpc) is 3.11. The third kappa shape index (κ3) is 14.2. The summed E-state index contributed by atoms with van der Waals surface area (Å²) in [5.74, 6) is 0.103. The van der Waals surface area contributed by atoms with Gasteiger partial charge in [-0.05, 0) is 69.7 Å². The average molecular weight is 782 g/mol. The number of carbonyl (C=O) groups is 3. The molecule has 4 rings (SSSR count). The predicted molar refractivity (Wildman–Crippen MR) is 193 cm³/mol. The van der Waals surface area contributed by atoms with Crippen LogP contribution in [0, 0.1) is 16.0 Å². The van der Waals surface area contributed by atoms with Crippen molar-refractivity contribution in [1.82, 2.24) is 21.3 Å². The number of nitro groups is 1. The third-order valence-corrected chi connectivity index (χ3v) is 8.91. The summed E-state index contributed by atoms with van der Waals surface area (Å²) in [4.78, 5) is 49.1. The van der Waals surface area contributed by atoms with Crippen LogP contribution in [0.25, 0.3) is 0 Å². The van der Waals surface area contributed by atoms with E-state index in [9.17, 15) is 34.7 Å². The van der Waals surface area contributed by atoms with Crippen LogP contribution in [0.1, 0.15) is 65.4 Å². The van der Waals surface area contributed by atoms with Gasteiger partial charge in [0.25, 0.3) is 5.69 Å². The second-order valence-electron chi connectivity index (χ2n) is 14.8. The standard InChI is InChI=1S/C36H55N5O14/c1-21-16-27(43)33(50-19-21)54-32-25(39-28(44)12-13-38-34(46)55-36(2,3)4)17-26(40-35(47)51-20-22-8-10-23(11-9-22)41(48)49)31(30(32)45)53-29-7-5-6-24(52-29)18-37-14-15-42/h6,8-11,21,25-27,29-33,37,42-43,45H,5,7,12-20H2,1-4H3,(H,38,46)(H,39,44)(H,40,47)/t21-,25+,26-,27+,29+,30-,31+,32-,33+/m0/s1. The molecule has 0 unspecified atom stereocenters. The van der Waals surface area contributed by atoms with Crippen molar-refractivity contribution in [3.63, 3.8) is 0 Å². The monoisotopic (exact) mass is 781 g/mol. The number of amides is 3. The number of carbonyl (C=O) groups excluding carboxylic acids is 3. The fraction of sp³-hybridized carbons (Fsp3) is 0.694. The highest BCUT2D eigenvalue weighted by molar-refractivity contribution is 5.77. The van der Waals surface area contributed by atoms with Crippen LogP contribution in [-0.2, 0) is 39.8 Å². The molecule has 2 fully saturated rings. The Morgan fingerprint density at radius 1 is 1.00 bits per heavy atom. The van der Waals surface area contributed by atoms with E-state index in [0.717, 1.165) is 0 Å². The number of nitrogens with zero attached hydrogens (tertiary/aromatic N) is 1. The number of benzene rings is 1. The topological polar surface area (TPSA) is 259 Å². The Labute approximate surface area is 319 Å². The molecule has 1 aromatic rings. The molecule has 1 aromatic carbocycles.